The lowest BCUT2D eigenvalue weighted by Gasteiger charge is -2.25. The predicted octanol–water partition coefficient (Wildman–Crippen LogP) is 0.541. The molecule has 1 aromatic rings. The fourth-order valence-corrected chi connectivity index (χ4v) is 2.13. The summed E-state index contributed by atoms with van der Waals surface area (Å²) in [5.74, 6) is 0.300. The molecule has 0 bridgehead atoms. The molecule has 82 valence electrons. The van der Waals surface area contributed by atoms with E-state index in [0.29, 0.717) is 6.54 Å². The van der Waals surface area contributed by atoms with Crippen molar-refractivity contribution < 1.29 is 4.79 Å². The van der Waals surface area contributed by atoms with Crippen LogP contribution in [0.5, 0.6) is 0 Å². The van der Waals surface area contributed by atoms with E-state index >= 15 is 0 Å². The van der Waals surface area contributed by atoms with Crippen LogP contribution < -0.4 is 10.6 Å². The summed E-state index contributed by atoms with van der Waals surface area (Å²) < 4.78 is 0. The molecule has 15 heavy (non-hydrogen) atoms. The highest BCUT2D eigenvalue weighted by Gasteiger charge is 2.24. The Morgan fingerprint density at radius 1 is 1.73 bits per heavy atom. The van der Waals surface area contributed by atoms with Crippen molar-refractivity contribution in [3.05, 3.63) is 16.1 Å². The minimum atomic E-state index is 0.139. The van der Waals surface area contributed by atoms with Crippen LogP contribution in [0.1, 0.15) is 17.6 Å². The monoisotopic (exact) mass is 225 g/mol. The SMILES string of the molecule is CCc1nc(CNC(=O)C2CNC2)cs1. The van der Waals surface area contributed by atoms with Crippen molar-refractivity contribution in [3.63, 3.8) is 0 Å². The van der Waals surface area contributed by atoms with Gasteiger partial charge in [-0.05, 0) is 6.42 Å². The first-order valence-corrected chi connectivity index (χ1v) is 6.09. The third-order valence-corrected chi connectivity index (χ3v) is 3.54. The summed E-state index contributed by atoms with van der Waals surface area (Å²) >= 11 is 1.65. The van der Waals surface area contributed by atoms with Crippen molar-refractivity contribution in [1.29, 1.82) is 0 Å². The summed E-state index contributed by atoms with van der Waals surface area (Å²) in [5, 5.41) is 9.12. The van der Waals surface area contributed by atoms with Gasteiger partial charge in [0, 0.05) is 18.5 Å². The molecule has 4 nitrogen and oxygen atoms in total. The summed E-state index contributed by atoms with van der Waals surface area (Å²) in [7, 11) is 0. The maximum atomic E-state index is 11.5. The third-order valence-electron chi connectivity index (χ3n) is 2.50. The van der Waals surface area contributed by atoms with Crippen molar-refractivity contribution in [2.24, 2.45) is 5.92 Å². The van der Waals surface area contributed by atoms with Gasteiger partial charge in [0.15, 0.2) is 0 Å². The van der Waals surface area contributed by atoms with Crippen molar-refractivity contribution in [3.8, 4) is 0 Å². The van der Waals surface area contributed by atoms with Crippen LogP contribution >= 0.6 is 11.3 Å². The maximum absolute atomic E-state index is 11.5. The zero-order valence-corrected chi connectivity index (χ0v) is 9.56. The Morgan fingerprint density at radius 3 is 3.07 bits per heavy atom. The lowest BCUT2D eigenvalue weighted by Crippen LogP contribution is -2.50. The quantitative estimate of drug-likeness (QED) is 0.786. The molecule has 1 fully saturated rings. The van der Waals surface area contributed by atoms with Crippen LogP contribution in [0.2, 0.25) is 0 Å². The van der Waals surface area contributed by atoms with Gasteiger partial charge in [0.1, 0.15) is 0 Å². The van der Waals surface area contributed by atoms with Crippen LogP contribution in [-0.2, 0) is 17.8 Å². The normalized spacial score (nSPS) is 16.1. The fraction of sp³-hybridized carbons (Fsp3) is 0.600. The van der Waals surface area contributed by atoms with Crippen LogP contribution in [0.25, 0.3) is 0 Å². The van der Waals surface area contributed by atoms with E-state index in [0.717, 1.165) is 30.2 Å². The Labute approximate surface area is 93.1 Å². The third kappa shape index (κ3) is 2.54. The first kappa shape index (κ1) is 10.6. The molecule has 0 saturated carbocycles. The molecule has 5 heteroatoms. The van der Waals surface area contributed by atoms with Gasteiger partial charge in [-0.3, -0.25) is 4.79 Å². The molecule has 0 unspecified atom stereocenters. The molecule has 1 amide bonds. The number of nitrogens with one attached hydrogen (secondary N) is 2. The molecular formula is C10H15N3OS. The van der Waals surface area contributed by atoms with Gasteiger partial charge in [-0.25, -0.2) is 4.98 Å². The van der Waals surface area contributed by atoms with E-state index in [1.165, 1.54) is 0 Å². The highest BCUT2D eigenvalue weighted by atomic mass is 32.1. The molecule has 1 aliphatic heterocycles. The average molecular weight is 225 g/mol. The predicted molar refractivity (Wildman–Crippen MR) is 59.7 cm³/mol. The summed E-state index contributed by atoms with van der Waals surface area (Å²) in [6.07, 6.45) is 0.963. The number of aryl methyl sites for hydroxylation is 1. The Kier molecular flexibility index (Phi) is 3.33. The van der Waals surface area contributed by atoms with Gasteiger partial charge in [-0.2, -0.15) is 0 Å². The molecule has 2 rings (SSSR count). The number of carbonyl (C=O) groups is 1. The van der Waals surface area contributed by atoms with Crippen LogP contribution in [0.15, 0.2) is 5.38 Å². The topological polar surface area (TPSA) is 54.0 Å². The minimum Gasteiger partial charge on any atom is -0.350 e. The van der Waals surface area contributed by atoms with E-state index in [9.17, 15) is 4.79 Å². The lowest BCUT2D eigenvalue weighted by molar-refractivity contribution is -0.126. The van der Waals surface area contributed by atoms with Crippen LogP contribution in [0, 0.1) is 5.92 Å². The maximum Gasteiger partial charge on any atom is 0.226 e. The Morgan fingerprint density at radius 2 is 2.53 bits per heavy atom. The molecule has 1 aromatic heterocycles. The molecule has 0 atom stereocenters. The minimum absolute atomic E-state index is 0.139. The summed E-state index contributed by atoms with van der Waals surface area (Å²) in [4.78, 5) is 15.9. The second kappa shape index (κ2) is 4.72. The van der Waals surface area contributed by atoms with Gasteiger partial charge in [-0.1, -0.05) is 6.92 Å². The second-order valence-electron chi connectivity index (χ2n) is 3.66. The van der Waals surface area contributed by atoms with Gasteiger partial charge >= 0.3 is 0 Å². The molecule has 0 aliphatic carbocycles. The van der Waals surface area contributed by atoms with Crippen molar-refractivity contribution in [2.75, 3.05) is 13.1 Å². The van der Waals surface area contributed by atoms with Gasteiger partial charge in [0.2, 0.25) is 5.91 Å². The largest absolute Gasteiger partial charge is 0.350 e. The second-order valence-corrected chi connectivity index (χ2v) is 4.60. The molecule has 0 radical (unpaired) electrons. The molecule has 2 heterocycles. The molecule has 1 saturated heterocycles. The Hall–Kier alpha value is -0.940. The summed E-state index contributed by atoms with van der Waals surface area (Å²) in [6, 6.07) is 0. The van der Waals surface area contributed by atoms with E-state index in [2.05, 4.69) is 22.5 Å². The molecule has 1 aliphatic rings. The molecule has 0 aromatic carbocycles. The Balaban J connectivity index is 1.79. The van der Waals surface area contributed by atoms with Gasteiger partial charge in [0.25, 0.3) is 0 Å². The van der Waals surface area contributed by atoms with E-state index in [-0.39, 0.29) is 11.8 Å². The van der Waals surface area contributed by atoms with E-state index < -0.39 is 0 Å². The molecule has 0 spiro atoms. The zero-order valence-electron chi connectivity index (χ0n) is 8.75. The smallest absolute Gasteiger partial charge is 0.226 e. The van der Waals surface area contributed by atoms with Crippen LogP contribution in [-0.4, -0.2) is 24.0 Å². The summed E-state index contributed by atoms with van der Waals surface area (Å²) in [5.41, 5.74) is 0.970. The first-order valence-electron chi connectivity index (χ1n) is 5.21. The number of nitrogens with zero attached hydrogens (tertiary/aromatic N) is 1. The molecule has 2 N–H and O–H groups in total. The van der Waals surface area contributed by atoms with E-state index in [1.807, 2.05) is 5.38 Å². The number of aromatic nitrogens is 1. The number of carbonyl (C=O) groups excluding carboxylic acids is 1. The van der Waals surface area contributed by atoms with Crippen molar-refractivity contribution in [2.45, 2.75) is 19.9 Å². The van der Waals surface area contributed by atoms with E-state index in [4.69, 9.17) is 0 Å². The number of amides is 1. The standard InChI is InChI=1S/C10H15N3OS/c1-2-9-13-8(6-15-9)5-12-10(14)7-3-11-4-7/h6-7,11H,2-5H2,1H3,(H,12,14). The Bertz CT molecular complexity index is 346. The average Bonchev–Trinajstić information content (AvgIpc) is 2.59. The number of thiazole rings is 1. The van der Waals surface area contributed by atoms with E-state index in [1.54, 1.807) is 11.3 Å². The highest BCUT2D eigenvalue weighted by molar-refractivity contribution is 7.09. The highest BCUT2D eigenvalue weighted by Crippen LogP contribution is 2.10. The van der Waals surface area contributed by atoms with Crippen molar-refractivity contribution in [1.82, 2.24) is 15.6 Å². The van der Waals surface area contributed by atoms with Gasteiger partial charge < -0.3 is 10.6 Å². The number of rotatable bonds is 4. The van der Waals surface area contributed by atoms with Crippen LogP contribution in [0.3, 0.4) is 0 Å². The van der Waals surface area contributed by atoms with Crippen LogP contribution in [0.4, 0.5) is 0 Å². The van der Waals surface area contributed by atoms with Gasteiger partial charge in [-0.15, -0.1) is 11.3 Å². The lowest BCUT2D eigenvalue weighted by atomic mass is 10.0. The first-order chi connectivity index (χ1) is 7.29. The van der Waals surface area contributed by atoms with Gasteiger partial charge in [0.05, 0.1) is 23.2 Å². The number of hydrogen-bond acceptors (Lipinski definition) is 4. The molecular weight excluding hydrogens is 210 g/mol. The van der Waals surface area contributed by atoms with Crippen molar-refractivity contribution >= 4 is 17.2 Å². The zero-order chi connectivity index (χ0) is 10.7. The fourth-order valence-electron chi connectivity index (χ4n) is 1.39. The number of hydrogen-bond donors (Lipinski definition) is 2. The summed E-state index contributed by atoms with van der Waals surface area (Å²) in [6.45, 7) is 4.26.